The van der Waals surface area contributed by atoms with E-state index in [1.54, 1.807) is 0 Å². The molecule has 0 atom stereocenters. The Labute approximate surface area is 325 Å². The molecule has 2 aromatic heterocycles. The van der Waals surface area contributed by atoms with Crippen LogP contribution in [0.3, 0.4) is 0 Å². The summed E-state index contributed by atoms with van der Waals surface area (Å²) in [4.78, 5) is 0. The third-order valence-electron chi connectivity index (χ3n) is 11.6. The fourth-order valence-corrected chi connectivity index (χ4v) is 8.83. The highest BCUT2D eigenvalue weighted by molar-refractivity contribution is 6.32. The fraction of sp³-hybridized carbons (Fsp3) is 0.0741. The highest BCUT2D eigenvalue weighted by atomic mass is 16.3. The average Bonchev–Trinajstić information content (AvgIpc) is 3.87. The lowest BCUT2D eigenvalue weighted by atomic mass is 9.81. The molecule has 0 saturated carbocycles. The van der Waals surface area contributed by atoms with E-state index in [4.69, 9.17) is 8.83 Å². The number of fused-ring (bicyclic) bond motifs is 2. The number of benzene rings is 9. The van der Waals surface area contributed by atoms with Crippen LogP contribution < -0.4 is 0 Å². The fourth-order valence-electron chi connectivity index (χ4n) is 8.83. The second-order valence-electron chi connectivity index (χ2n) is 16.1. The summed E-state index contributed by atoms with van der Waals surface area (Å²) in [6.45, 7) is 6.85. The van der Waals surface area contributed by atoms with E-state index in [2.05, 4.69) is 185 Å². The molecule has 2 heteroatoms. The number of rotatable bonds is 5. The van der Waals surface area contributed by atoms with Gasteiger partial charge in [-0.05, 0) is 113 Å². The molecule has 0 fully saturated rings. The van der Waals surface area contributed by atoms with Crippen molar-refractivity contribution in [3.05, 3.63) is 181 Å². The van der Waals surface area contributed by atoms with E-state index in [0.29, 0.717) is 0 Å². The summed E-state index contributed by atoms with van der Waals surface area (Å²) in [5, 5.41) is 9.38. The van der Waals surface area contributed by atoms with Gasteiger partial charge in [-0.3, -0.25) is 0 Å². The van der Waals surface area contributed by atoms with Crippen molar-refractivity contribution in [3.63, 3.8) is 0 Å². The maximum atomic E-state index is 6.70. The molecule has 266 valence electrons. The van der Waals surface area contributed by atoms with E-state index in [-0.39, 0.29) is 5.41 Å². The molecule has 0 radical (unpaired) electrons. The lowest BCUT2D eigenvalue weighted by Gasteiger charge is -2.22. The minimum Gasteiger partial charge on any atom is -0.456 e. The van der Waals surface area contributed by atoms with Crippen molar-refractivity contribution in [1.29, 1.82) is 0 Å². The average molecular weight is 719 g/mol. The van der Waals surface area contributed by atoms with Crippen molar-refractivity contribution in [2.45, 2.75) is 26.2 Å². The van der Waals surface area contributed by atoms with Crippen molar-refractivity contribution in [3.8, 4) is 56.0 Å². The van der Waals surface area contributed by atoms with Gasteiger partial charge in [0.1, 0.15) is 22.7 Å². The maximum absolute atomic E-state index is 6.70. The van der Waals surface area contributed by atoms with Crippen LogP contribution in [0.2, 0.25) is 0 Å². The van der Waals surface area contributed by atoms with Gasteiger partial charge in [-0.25, -0.2) is 0 Å². The lowest BCUT2D eigenvalue weighted by Crippen LogP contribution is -2.10. The van der Waals surface area contributed by atoms with Gasteiger partial charge in [0.25, 0.3) is 0 Å². The first kappa shape index (κ1) is 32.5. The monoisotopic (exact) mass is 718 g/mol. The predicted octanol–water partition coefficient (Wildman–Crippen LogP) is 15.7. The molecule has 0 aliphatic carbocycles. The summed E-state index contributed by atoms with van der Waals surface area (Å²) in [6.07, 6.45) is 0. The van der Waals surface area contributed by atoms with E-state index < -0.39 is 0 Å². The molecule has 0 aliphatic heterocycles. The van der Waals surface area contributed by atoms with E-state index in [1.807, 2.05) is 12.1 Å². The van der Waals surface area contributed by atoms with Gasteiger partial charge in [0.15, 0.2) is 0 Å². The van der Waals surface area contributed by atoms with Gasteiger partial charge in [0.2, 0.25) is 0 Å². The Morgan fingerprint density at radius 2 is 0.821 bits per heavy atom. The Morgan fingerprint density at radius 3 is 1.41 bits per heavy atom. The molecule has 0 saturated heterocycles. The SMILES string of the molecule is CC(C)(C)c1cccc(-c2cc(-c3cc4ccccc4o3)c3ccc4c(-c5ccccc5-c5ccccc5)cc(-c5cc6ccccc6o5)c5ccc2c3c54)c1. The van der Waals surface area contributed by atoms with Crippen LogP contribution in [-0.4, -0.2) is 0 Å². The molecule has 11 rings (SSSR count). The molecular formula is C54H38O2. The van der Waals surface area contributed by atoms with Crippen molar-refractivity contribution in [2.24, 2.45) is 0 Å². The van der Waals surface area contributed by atoms with Crippen LogP contribution in [0, 0.1) is 0 Å². The largest absolute Gasteiger partial charge is 0.456 e. The third-order valence-corrected chi connectivity index (χ3v) is 11.6. The molecule has 0 amide bonds. The lowest BCUT2D eigenvalue weighted by molar-refractivity contribution is 0.590. The number of hydrogen-bond acceptors (Lipinski definition) is 2. The van der Waals surface area contributed by atoms with Crippen LogP contribution in [-0.2, 0) is 5.41 Å². The standard InChI is InChI=1S/C54H38O2/c1-54(2,3)37-19-13-18-34(28-37)44-31-46(50-29-35-16-7-11-22-48(35)55-50)42-27-25-41-45(39-21-10-9-20-38(39)33-14-5-4-6-15-33)32-47(43-26-24-40(44)52(42)53(41)43)51-30-36-17-8-12-23-49(36)56-51/h4-32H,1-3H3. The van der Waals surface area contributed by atoms with Crippen LogP contribution in [0.5, 0.6) is 0 Å². The van der Waals surface area contributed by atoms with Gasteiger partial charge in [0, 0.05) is 21.9 Å². The van der Waals surface area contributed by atoms with Crippen LogP contribution >= 0.6 is 0 Å². The van der Waals surface area contributed by atoms with Crippen LogP contribution in [0.25, 0.3) is 110 Å². The summed E-state index contributed by atoms with van der Waals surface area (Å²) < 4.78 is 13.4. The molecular weight excluding hydrogens is 681 g/mol. The molecule has 9 aromatic carbocycles. The zero-order valence-electron chi connectivity index (χ0n) is 31.6. The zero-order valence-corrected chi connectivity index (χ0v) is 31.6. The molecule has 56 heavy (non-hydrogen) atoms. The molecule has 0 N–H and O–H groups in total. The van der Waals surface area contributed by atoms with Crippen molar-refractivity contribution in [1.82, 2.24) is 0 Å². The van der Waals surface area contributed by atoms with Gasteiger partial charge in [-0.2, -0.15) is 0 Å². The first-order chi connectivity index (χ1) is 27.4. The summed E-state index contributed by atoms with van der Waals surface area (Å²) in [5.41, 5.74) is 12.4. The Hall–Kier alpha value is -6.90. The van der Waals surface area contributed by atoms with E-state index >= 15 is 0 Å². The van der Waals surface area contributed by atoms with Crippen LogP contribution in [0.15, 0.2) is 185 Å². The Bertz CT molecular complexity index is 3210. The molecule has 0 bridgehead atoms. The highest BCUT2D eigenvalue weighted by Crippen LogP contribution is 2.50. The van der Waals surface area contributed by atoms with Crippen LogP contribution in [0.1, 0.15) is 26.3 Å². The third kappa shape index (κ3) is 5.10. The number of hydrogen-bond donors (Lipinski definition) is 0. The van der Waals surface area contributed by atoms with Gasteiger partial charge >= 0.3 is 0 Å². The Balaban J connectivity index is 1.30. The first-order valence-electron chi connectivity index (χ1n) is 19.4. The van der Waals surface area contributed by atoms with Crippen molar-refractivity contribution < 1.29 is 8.83 Å². The van der Waals surface area contributed by atoms with Crippen molar-refractivity contribution in [2.75, 3.05) is 0 Å². The van der Waals surface area contributed by atoms with Gasteiger partial charge < -0.3 is 8.83 Å². The second-order valence-corrected chi connectivity index (χ2v) is 16.1. The molecule has 2 nitrogen and oxygen atoms in total. The zero-order chi connectivity index (χ0) is 37.5. The Kier molecular flexibility index (Phi) is 7.15. The van der Waals surface area contributed by atoms with Crippen LogP contribution in [0.4, 0.5) is 0 Å². The first-order valence-corrected chi connectivity index (χ1v) is 19.4. The van der Waals surface area contributed by atoms with E-state index in [0.717, 1.165) is 55.4 Å². The second kappa shape index (κ2) is 12.3. The van der Waals surface area contributed by atoms with Crippen molar-refractivity contribution >= 4 is 54.3 Å². The van der Waals surface area contributed by atoms with Gasteiger partial charge in [0.05, 0.1) is 0 Å². The minimum atomic E-state index is 0.00386. The summed E-state index contributed by atoms with van der Waals surface area (Å²) in [5.74, 6) is 1.72. The topological polar surface area (TPSA) is 26.3 Å². The quantitative estimate of drug-likeness (QED) is 0.166. The van der Waals surface area contributed by atoms with Gasteiger partial charge in [-0.15, -0.1) is 0 Å². The summed E-state index contributed by atoms with van der Waals surface area (Å²) in [6, 6.07) is 63.6. The highest BCUT2D eigenvalue weighted by Gasteiger charge is 2.24. The molecule has 0 spiro atoms. The molecule has 0 aliphatic rings. The van der Waals surface area contributed by atoms with E-state index in [9.17, 15) is 0 Å². The predicted molar refractivity (Wildman–Crippen MR) is 236 cm³/mol. The molecule has 11 aromatic rings. The molecule has 2 heterocycles. The normalized spacial score (nSPS) is 12.2. The molecule has 0 unspecified atom stereocenters. The van der Waals surface area contributed by atoms with E-state index in [1.165, 1.54) is 60.5 Å². The minimum absolute atomic E-state index is 0.00386. The number of para-hydroxylation sites is 2. The smallest absolute Gasteiger partial charge is 0.136 e. The maximum Gasteiger partial charge on any atom is 0.136 e. The van der Waals surface area contributed by atoms with Gasteiger partial charge in [-0.1, -0.05) is 160 Å². The number of furan rings is 2. The summed E-state index contributed by atoms with van der Waals surface area (Å²) in [7, 11) is 0. The summed E-state index contributed by atoms with van der Waals surface area (Å²) >= 11 is 0. The Morgan fingerprint density at radius 1 is 0.339 bits per heavy atom.